The molecule has 5 heteroatoms. The van der Waals surface area contributed by atoms with Crippen molar-refractivity contribution in [3.8, 4) is 17.6 Å². The van der Waals surface area contributed by atoms with E-state index in [4.69, 9.17) is 4.74 Å². The summed E-state index contributed by atoms with van der Waals surface area (Å²) >= 11 is 0. The molecule has 4 nitrogen and oxygen atoms in total. The second-order valence-electron chi connectivity index (χ2n) is 6.45. The van der Waals surface area contributed by atoms with E-state index in [2.05, 4.69) is 11.8 Å². The number of carbonyl (C=O) groups excluding carboxylic acids is 1. The summed E-state index contributed by atoms with van der Waals surface area (Å²) in [6, 6.07) is 5.72. The highest BCUT2D eigenvalue weighted by atomic mass is 19.1. The van der Waals surface area contributed by atoms with Gasteiger partial charge in [-0.3, -0.25) is 9.69 Å². The highest BCUT2D eigenvalue weighted by Gasteiger charge is 2.43. The van der Waals surface area contributed by atoms with Gasteiger partial charge in [-0.2, -0.15) is 0 Å². The molecule has 0 aromatic heterocycles. The first-order valence-corrected chi connectivity index (χ1v) is 7.87. The van der Waals surface area contributed by atoms with E-state index in [1.165, 1.54) is 0 Å². The highest BCUT2D eigenvalue weighted by molar-refractivity contribution is 5.95. The Hall–Kier alpha value is -2.06. The predicted octanol–water partition coefficient (Wildman–Crippen LogP) is 2.22. The van der Waals surface area contributed by atoms with Crippen LogP contribution in [0.4, 0.5) is 10.1 Å². The van der Waals surface area contributed by atoms with Crippen LogP contribution in [0.3, 0.4) is 0 Å². The Balaban J connectivity index is 1.80. The molecule has 0 bridgehead atoms. The lowest BCUT2D eigenvalue weighted by atomic mass is 9.95. The number of amides is 1. The first-order chi connectivity index (χ1) is 10.9. The summed E-state index contributed by atoms with van der Waals surface area (Å²) in [7, 11) is 1.72. The molecule has 2 aliphatic rings. The number of ether oxygens (including phenoxy) is 1. The Morgan fingerprint density at radius 2 is 2.09 bits per heavy atom. The molecule has 2 aliphatic heterocycles. The molecular weight excluding hydrogens is 295 g/mol. The van der Waals surface area contributed by atoms with Crippen molar-refractivity contribution < 1.29 is 13.9 Å². The summed E-state index contributed by atoms with van der Waals surface area (Å²) in [5, 5.41) is 0. The summed E-state index contributed by atoms with van der Waals surface area (Å²) in [6.45, 7) is 5.17. The van der Waals surface area contributed by atoms with E-state index in [0.717, 1.165) is 0 Å². The van der Waals surface area contributed by atoms with Crippen LogP contribution in [0.15, 0.2) is 18.2 Å². The van der Waals surface area contributed by atoms with Crippen LogP contribution in [-0.2, 0) is 4.79 Å². The molecule has 0 saturated carbocycles. The fourth-order valence-corrected chi connectivity index (χ4v) is 2.76. The Morgan fingerprint density at radius 3 is 2.78 bits per heavy atom. The van der Waals surface area contributed by atoms with E-state index in [0.29, 0.717) is 49.2 Å². The van der Waals surface area contributed by atoms with Gasteiger partial charge in [-0.15, -0.1) is 0 Å². The quantitative estimate of drug-likeness (QED) is 0.745. The number of benzene rings is 1. The van der Waals surface area contributed by atoms with Crippen molar-refractivity contribution in [1.82, 2.24) is 4.90 Å². The van der Waals surface area contributed by atoms with Gasteiger partial charge in [0.05, 0.1) is 18.7 Å². The van der Waals surface area contributed by atoms with Gasteiger partial charge in [0.15, 0.2) is 5.67 Å². The van der Waals surface area contributed by atoms with Gasteiger partial charge in [0, 0.05) is 31.7 Å². The maximum Gasteiger partial charge on any atom is 0.230 e. The monoisotopic (exact) mass is 316 g/mol. The van der Waals surface area contributed by atoms with Crippen molar-refractivity contribution in [2.24, 2.45) is 0 Å². The smallest absolute Gasteiger partial charge is 0.230 e. The number of carbonyl (C=O) groups is 1. The van der Waals surface area contributed by atoms with Crippen LogP contribution in [0.2, 0.25) is 0 Å². The third-order valence-corrected chi connectivity index (χ3v) is 4.34. The minimum Gasteiger partial charge on any atom is -0.491 e. The largest absolute Gasteiger partial charge is 0.491 e. The maximum atomic E-state index is 14.4. The molecule has 2 heterocycles. The number of hydrogen-bond donors (Lipinski definition) is 0. The summed E-state index contributed by atoms with van der Waals surface area (Å²) in [5.41, 5.74) is -0.0616. The third-order valence-electron chi connectivity index (χ3n) is 4.34. The molecule has 23 heavy (non-hydrogen) atoms. The van der Waals surface area contributed by atoms with Gasteiger partial charge in [-0.05, 0) is 32.0 Å². The zero-order valence-corrected chi connectivity index (χ0v) is 13.7. The first-order valence-electron chi connectivity index (χ1n) is 7.87. The lowest BCUT2D eigenvalue weighted by Crippen LogP contribution is -2.60. The maximum absolute atomic E-state index is 14.4. The minimum atomic E-state index is -1.44. The second kappa shape index (κ2) is 5.86. The van der Waals surface area contributed by atoms with Crippen LogP contribution in [0, 0.1) is 11.8 Å². The standard InChI is InChI=1S/C18H21FN2O2/c1-13(2)21-11-18(19,12-21)8-6-14-4-5-16-15(10-14)20(3)17(22)7-9-23-16/h4-5,10,13H,7,9,11-12H2,1-3H3. The van der Waals surface area contributed by atoms with Crippen molar-refractivity contribution in [1.29, 1.82) is 0 Å². The van der Waals surface area contributed by atoms with Crippen LogP contribution in [0.1, 0.15) is 25.8 Å². The van der Waals surface area contributed by atoms with E-state index < -0.39 is 5.67 Å². The molecule has 0 N–H and O–H groups in total. The Bertz CT molecular complexity index is 684. The lowest BCUT2D eigenvalue weighted by molar-refractivity contribution is -0.118. The van der Waals surface area contributed by atoms with E-state index in [-0.39, 0.29) is 5.91 Å². The predicted molar refractivity (Wildman–Crippen MR) is 87.4 cm³/mol. The van der Waals surface area contributed by atoms with Gasteiger partial charge in [0.1, 0.15) is 5.75 Å². The van der Waals surface area contributed by atoms with E-state index in [9.17, 15) is 9.18 Å². The Labute approximate surface area is 136 Å². The molecule has 1 aromatic rings. The number of anilines is 1. The number of alkyl halides is 1. The highest BCUT2D eigenvalue weighted by Crippen LogP contribution is 2.32. The molecule has 1 amide bonds. The van der Waals surface area contributed by atoms with Crippen molar-refractivity contribution in [2.75, 3.05) is 31.6 Å². The van der Waals surface area contributed by atoms with Gasteiger partial charge < -0.3 is 9.64 Å². The van der Waals surface area contributed by atoms with Crippen molar-refractivity contribution in [3.63, 3.8) is 0 Å². The molecule has 122 valence electrons. The van der Waals surface area contributed by atoms with Gasteiger partial charge in [-0.25, -0.2) is 4.39 Å². The topological polar surface area (TPSA) is 32.8 Å². The average Bonchev–Trinajstić information content (AvgIpc) is 2.62. The van der Waals surface area contributed by atoms with Gasteiger partial charge >= 0.3 is 0 Å². The zero-order valence-electron chi connectivity index (χ0n) is 13.7. The van der Waals surface area contributed by atoms with Gasteiger partial charge in [0.2, 0.25) is 5.91 Å². The first kappa shape index (κ1) is 15.8. The normalized spacial score (nSPS) is 20.0. The van der Waals surface area contributed by atoms with E-state index in [1.807, 2.05) is 18.7 Å². The van der Waals surface area contributed by atoms with Gasteiger partial charge in [-0.1, -0.05) is 11.8 Å². The second-order valence-corrected chi connectivity index (χ2v) is 6.45. The molecule has 1 saturated heterocycles. The van der Waals surface area contributed by atoms with Crippen LogP contribution in [0.25, 0.3) is 0 Å². The molecule has 3 rings (SSSR count). The molecular formula is C18H21FN2O2. The van der Waals surface area contributed by atoms with Crippen LogP contribution >= 0.6 is 0 Å². The number of likely N-dealkylation sites (tertiary alicyclic amines) is 1. The number of fused-ring (bicyclic) bond motifs is 1. The molecule has 0 atom stereocenters. The van der Waals surface area contributed by atoms with Crippen LogP contribution < -0.4 is 9.64 Å². The van der Waals surface area contributed by atoms with E-state index in [1.54, 1.807) is 30.1 Å². The number of nitrogens with zero attached hydrogens (tertiary/aromatic N) is 2. The Kier molecular flexibility index (Phi) is 4.03. The van der Waals surface area contributed by atoms with Gasteiger partial charge in [0.25, 0.3) is 0 Å². The fourth-order valence-electron chi connectivity index (χ4n) is 2.76. The molecule has 0 unspecified atom stereocenters. The van der Waals surface area contributed by atoms with Crippen LogP contribution in [0.5, 0.6) is 5.75 Å². The van der Waals surface area contributed by atoms with Crippen molar-refractivity contribution >= 4 is 11.6 Å². The van der Waals surface area contributed by atoms with Crippen molar-refractivity contribution in [2.45, 2.75) is 32.0 Å². The number of hydrogen-bond acceptors (Lipinski definition) is 3. The summed E-state index contributed by atoms with van der Waals surface area (Å²) < 4.78 is 20.0. The zero-order chi connectivity index (χ0) is 16.6. The number of rotatable bonds is 1. The summed E-state index contributed by atoms with van der Waals surface area (Å²) in [6.07, 6.45) is 0.352. The third kappa shape index (κ3) is 3.18. The lowest BCUT2D eigenvalue weighted by Gasteiger charge is -2.43. The molecule has 1 aromatic carbocycles. The minimum absolute atomic E-state index is 0.00221. The molecule has 0 spiro atoms. The van der Waals surface area contributed by atoms with Crippen molar-refractivity contribution in [3.05, 3.63) is 23.8 Å². The SMILES string of the molecule is CC(C)N1CC(F)(C#Cc2ccc3c(c2)N(C)C(=O)CCO3)C1. The summed E-state index contributed by atoms with van der Waals surface area (Å²) in [4.78, 5) is 15.5. The molecule has 0 aliphatic carbocycles. The summed E-state index contributed by atoms with van der Waals surface area (Å²) in [5.74, 6) is 6.31. The molecule has 1 fully saturated rings. The fraction of sp³-hybridized carbons (Fsp3) is 0.500. The van der Waals surface area contributed by atoms with E-state index >= 15 is 0 Å². The Morgan fingerprint density at radius 1 is 1.35 bits per heavy atom. The average molecular weight is 316 g/mol. The number of halogens is 1. The molecule has 0 radical (unpaired) electrons. The van der Waals surface area contributed by atoms with Crippen LogP contribution in [-0.4, -0.2) is 49.3 Å².